The van der Waals surface area contributed by atoms with E-state index in [1.54, 1.807) is 0 Å². The van der Waals surface area contributed by atoms with Gasteiger partial charge in [0.05, 0.1) is 0 Å². The second-order valence-electron chi connectivity index (χ2n) is 4.90. The normalized spacial score (nSPS) is 23.8. The fourth-order valence-corrected chi connectivity index (χ4v) is 2.48. The molecule has 1 heterocycles. The third kappa shape index (κ3) is 2.53. The van der Waals surface area contributed by atoms with E-state index in [1.165, 1.54) is 4.90 Å². The maximum absolute atomic E-state index is 12.3. The second kappa shape index (κ2) is 4.94. The number of carboxylic acids is 1. The van der Waals surface area contributed by atoms with Crippen molar-refractivity contribution in [1.82, 2.24) is 9.80 Å². The number of likely N-dealkylation sites (tertiary alicyclic amines) is 1. The van der Waals surface area contributed by atoms with Crippen molar-refractivity contribution in [3.8, 4) is 0 Å². The molecule has 1 N–H and O–H groups in total. The third-order valence-electron chi connectivity index (χ3n) is 3.48. The molecule has 5 heteroatoms. The van der Waals surface area contributed by atoms with Gasteiger partial charge in [-0.1, -0.05) is 6.92 Å². The highest BCUT2D eigenvalue weighted by atomic mass is 16.4. The second-order valence-corrected chi connectivity index (χ2v) is 4.90. The monoisotopic (exact) mass is 240 g/mol. The van der Waals surface area contributed by atoms with Crippen LogP contribution in [0, 0.1) is 0 Å². The molecule has 17 heavy (non-hydrogen) atoms. The Hall–Kier alpha value is -1.26. The molecular weight excluding hydrogens is 220 g/mol. The summed E-state index contributed by atoms with van der Waals surface area (Å²) in [7, 11) is 0. The van der Waals surface area contributed by atoms with Gasteiger partial charge in [0.25, 0.3) is 0 Å². The minimum absolute atomic E-state index is 0.0701. The Morgan fingerprint density at radius 1 is 1.35 bits per heavy atom. The number of hydrogen-bond donors (Lipinski definition) is 1. The van der Waals surface area contributed by atoms with Crippen LogP contribution >= 0.6 is 0 Å². The Morgan fingerprint density at radius 2 is 2.06 bits per heavy atom. The van der Waals surface area contributed by atoms with E-state index in [2.05, 4.69) is 0 Å². The van der Waals surface area contributed by atoms with Gasteiger partial charge >= 0.3 is 12.0 Å². The summed E-state index contributed by atoms with van der Waals surface area (Å²) in [6, 6.07) is -0.322. The average molecular weight is 240 g/mol. The molecule has 1 saturated carbocycles. The fourth-order valence-electron chi connectivity index (χ4n) is 2.48. The van der Waals surface area contributed by atoms with Gasteiger partial charge in [-0.15, -0.1) is 0 Å². The van der Waals surface area contributed by atoms with Crippen molar-refractivity contribution in [1.29, 1.82) is 0 Å². The Kier molecular flexibility index (Phi) is 3.54. The first kappa shape index (κ1) is 12.2. The lowest BCUT2D eigenvalue weighted by Gasteiger charge is -2.30. The fraction of sp³-hybridized carbons (Fsp3) is 0.833. The topological polar surface area (TPSA) is 60.9 Å². The Morgan fingerprint density at radius 3 is 2.59 bits per heavy atom. The van der Waals surface area contributed by atoms with Crippen LogP contribution in [0.25, 0.3) is 0 Å². The zero-order valence-corrected chi connectivity index (χ0v) is 10.3. The molecule has 0 spiro atoms. The van der Waals surface area contributed by atoms with Gasteiger partial charge in [0.1, 0.15) is 6.04 Å². The highest BCUT2D eigenvalue weighted by Gasteiger charge is 2.40. The summed E-state index contributed by atoms with van der Waals surface area (Å²) < 4.78 is 0. The molecule has 1 atom stereocenters. The predicted molar refractivity (Wildman–Crippen MR) is 62.8 cm³/mol. The van der Waals surface area contributed by atoms with Crippen molar-refractivity contribution >= 4 is 12.0 Å². The summed E-state index contributed by atoms with van der Waals surface area (Å²) >= 11 is 0. The van der Waals surface area contributed by atoms with Gasteiger partial charge in [-0.2, -0.15) is 0 Å². The lowest BCUT2D eigenvalue weighted by Crippen LogP contribution is -2.49. The van der Waals surface area contributed by atoms with Crippen LogP contribution in [0.3, 0.4) is 0 Å². The first-order valence-electron chi connectivity index (χ1n) is 6.45. The van der Waals surface area contributed by atoms with E-state index in [0.29, 0.717) is 19.0 Å². The maximum Gasteiger partial charge on any atom is 0.326 e. The van der Waals surface area contributed by atoms with E-state index >= 15 is 0 Å². The van der Waals surface area contributed by atoms with Crippen LogP contribution in [-0.4, -0.2) is 52.1 Å². The maximum atomic E-state index is 12.3. The Balaban J connectivity index is 2.03. The molecule has 0 aromatic rings. The van der Waals surface area contributed by atoms with Gasteiger partial charge in [0, 0.05) is 19.1 Å². The van der Waals surface area contributed by atoms with Gasteiger partial charge in [-0.25, -0.2) is 9.59 Å². The van der Waals surface area contributed by atoms with Gasteiger partial charge in [0.2, 0.25) is 0 Å². The Labute approximate surface area is 101 Å². The minimum atomic E-state index is -0.872. The van der Waals surface area contributed by atoms with Crippen LogP contribution in [0.4, 0.5) is 4.79 Å². The van der Waals surface area contributed by atoms with Crippen LogP contribution in [-0.2, 0) is 4.79 Å². The molecule has 1 aliphatic heterocycles. The lowest BCUT2D eigenvalue weighted by atomic mass is 10.2. The van der Waals surface area contributed by atoms with Crippen LogP contribution < -0.4 is 0 Å². The third-order valence-corrected chi connectivity index (χ3v) is 3.48. The SMILES string of the molecule is CCCN(C(=O)N1CCCC1C(=O)O)C1CC1. The quantitative estimate of drug-likeness (QED) is 0.810. The summed E-state index contributed by atoms with van der Waals surface area (Å²) in [6.07, 6.45) is 4.45. The molecule has 0 radical (unpaired) electrons. The highest BCUT2D eigenvalue weighted by Crippen LogP contribution is 2.29. The number of carboxylic acid groups (broad SMARTS) is 1. The predicted octanol–water partition coefficient (Wildman–Crippen LogP) is 1.53. The summed E-state index contributed by atoms with van der Waals surface area (Å²) in [4.78, 5) is 26.8. The van der Waals surface area contributed by atoms with Gasteiger partial charge < -0.3 is 14.9 Å². The van der Waals surface area contributed by atoms with Gasteiger partial charge in [-0.3, -0.25) is 0 Å². The number of amides is 2. The van der Waals surface area contributed by atoms with E-state index < -0.39 is 12.0 Å². The smallest absolute Gasteiger partial charge is 0.326 e. The van der Waals surface area contributed by atoms with Crippen molar-refractivity contribution in [3.63, 3.8) is 0 Å². The summed E-state index contributed by atoms with van der Waals surface area (Å²) in [5.74, 6) is -0.872. The molecule has 1 saturated heterocycles. The summed E-state index contributed by atoms with van der Waals surface area (Å²) in [5, 5.41) is 9.09. The first-order chi connectivity index (χ1) is 8.15. The zero-order valence-electron chi connectivity index (χ0n) is 10.3. The van der Waals surface area contributed by atoms with E-state index in [4.69, 9.17) is 5.11 Å². The van der Waals surface area contributed by atoms with Crippen LogP contribution in [0.2, 0.25) is 0 Å². The zero-order chi connectivity index (χ0) is 12.4. The standard InChI is InChI=1S/C12H20N2O3/c1-2-7-13(9-5-6-9)12(17)14-8-3-4-10(14)11(15)16/h9-10H,2-8H2,1H3,(H,15,16). The number of hydrogen-bond acceptors (Lipinski definition) is 2. The molecule has 2 rings (SSSR count). The summed E-state index contributed by atoms with van der Waals surface area (Å²) in [6.45, 7) is 3.37. The largest absolute Gasteiger partial charge is 0.480 e. The van der Waals surface area contributed by atoms with Crippen LogP contribution in [0.15, 0.2) is 0 Å². The molecule has 2 amide bonds. The van der Waals surface area contributed by atoms with Gasteiger partial charge in [0.15, 0.2) is 0 Å². The number of urea groups is 1. The average Bonchev–Trinajstić information content (AvgIpc) is 3.00. The molecule has 0 bridgehead atoms. The first-order valence-corrected chi connectivity index (χ1v) is 6.45. The van der Waals surface area contributed by atoms with Crippen molar-refractivity contribution in [2.75, 3.05) is 13.1 Å². The molecule has 0 aromatic heterocycles. The molecule has 2 aliphatic rings. The van der Waals surface area contributed by atoms with E-state index in [1.807, 2.05) is 11.8 Å². The molecular formula is C12H20N2O3. The number of carbonyl (C=O) groups is 2. The highest BCUT2D eigenvalue weighted by molar-refractivity contribution is 5.83. The number of carbonyl (C=O) groups excluding carboxylic acids is 1. The Bertz CT molecular complexity index is 315. The van der Waals surface area contributed by atoms with Crippen LogP contribution in [0.1, 0.15) is 39.0 Å². The lowest BCUT2D eigenvalue weighted by molar-refractivity contribution is -0.141. The van der Waals surface area contributed by atoms with Crippen LogP contribution in [0.5, 0.6) is 0 Å². The number of nitrogens with zero attached hydrogens (tertiary/aromatic N) is 2. The molecule has 5 nitrogen and oxygen atoms in total. The van der Waals surface area contributed by atoms with E-state index in [0.717, 1.165) is 32.2 Å². The van der Waals surface area contributed by atoms with Crippen molar-refractivity contribution in [2.24, 2.45) is 0 Å². The van der Waals surface area contributed by atoms with Crippen molar-refractivity contribution in [3.05, 3.63) is 0 Å². The minimum Gasteiger partial charge on any atom is -0.480 e. The number of aliphatic carboxylic acids is 1. The van der Waals surface area contributed by atoms with E-state index in [-0.39, 0.29) is 6.03 Å². The summed E-state index contributed by atoms with van der Waals surface area (Å²) in [5.41, 5.74) is 0. The van der Waals surface area contributed by atoms with Crippen molar-refractivity contribution < 1.29 is 14.7 Å². The van der Waals surface area contributed by atoms with E-state index in [9.17, 15) is 9.59 Å². The molecule has 96 valence electrons. The van der Waals surface area contributed by atoms with Crippen molar-refractivity contribution in [2.45, 2.75) is 51.1 Å². The molecule has 2 fully saturated rings. The molecule has 0 aromatic carbocycles. The molecule has 1 aliphatic carbocycles. The molecule has 1 unspecified atom stereocenters. The van der Waals surface area contributed by atoms with Gasteiger partial charge in [-0.05, 0) is 32.1 Å². The number of rotatable bonds is 4.